The summed E-state index contributed by atoms with van der Waals surface area (Å²) in [4.78, 5) is 0. The summed E-state index contributed by atoms with van der Waals surface area (Å²) in [6.07, 6.45) is 0.133. The van der Waals surface area contributed by atoms with E-state index in [2.05, 4.69) is 39.9 Å². The van der Waals surface area contributed by atoms with Gasteiger partial charge in [0.05, 0.1) is 18.3 Å². The Bertz CT molecular complexity index is 152. The van der Waals surface area contributed by atoms with E-state index in [9.17, 15) is 0 Å². The molecule has 0 spiro atoms. The van der Waals surface area contributed by atoms with Crippen LogP contribution in [-0.4, -0.2) is 38.5 Å². The van der Waals surface area contributed by atoms with Crippen LogP contribution in [-0.2, 0) is 9.47 Å². The summed E-state index contributed by atoms with van der Waals surface area (Å²) >= 11 is 0. The maximum Gasteiger partial charge on any atom is 0.0939 e. The van der Waals surface area contributed by atoms with Crippen LogP contribution in [0.2, 0.25) is 0 Å². The van der Waals surface area contributed by atoms with Crippen molar-refractivity contribution in [3.8, 4) is 0 Å². The molecule has 0 radical (unpaired) electrons. The minimum absolute atomic E-state index is 0.108. The molecule has 0 aliphatic carbocycles. The monoisotopic (exact) mass is 217 g/mol. The van der Waals surface area contributed by atoms with Crippen LogP contribution in [0.15, 0.2) is 0 Å². The average Bonchev–Trinajstić information content (AvgIpc) is 2.00. The van der Waals surface area contributed by atoms with Crippen molar-refractivity contribution in [1.29, 1.82) is 0 Å². The molecule has 3 heteroatoms. The maximum absolute atomic E-state index is 5.87. The third-order valence-corrected chi connectivity index (χ3v) is 1.80. The van der Waals surface area contributed by atoms with Crippen molar-refractivity contribution >= 4 is 0 Å². The van der Waals surface area contributed by atoms with Gasteiger partial charge in [0.25, 0.3) is 0 Å². The number of hydrogen-bond donors (Lipinski definition) is 1. The molecule has 0 saturated heterocycles. The highest BCUT2D eigenvalue weighted by Crippen LogP contribution is 2.10. The van der Waals surface area contributed by atoms with Gasteiger partial charge in [0.2, 0.25) is 0 Å². The zero-order valence-corrected chi connectivity index (χ0v) is 11.1. The smallest absolute Gasteiger partial charge is 0.0939 e. The Kier molecular flexibility index (Phi) is 7.14. The van der Waals surface area contributed by atoms with Crippen molar-refractivity contribution in [3.63, 3.8) is 0 Å². The lowest BCUT2D eigenvalue weighted by molar-refractivity contribution is -0.0846. The molecule has 0 aromatic heterocycles. The number of hydrogen-bond acceptors (Lipinski definition) is 3. The number of nitrogens with one attached hydrogen (secondary N) is 1. The van der Waals surface area contributed by atoms with Crippen LogP contribution >= 0.6 is 0 Å². The molecule has 0 amide bonds. The molecular formula is C12H27NO2. The Labute approximate surface area is 94.5 Å². The Hall–Kier alpha value is -0.120. The lowest BCUT2D eigenvalue weighted by Crippen LogP contribution is -2.39. The van der Waals surface area contributed by atoms with Gasteiger partial charge < -0.3 is 14.8 Å². The van der Waals surface area contributed by atoms with Gasteiger partial charge in [-0.05, 0) is 33.2 Å². The summed E-state index contributed by atoms with van der Waals surface area (Å²) < 4.78 is 11.0. The molecule has 1 unspecified atom stereocenters. The predicted octanol–water partition coefficient (Wildman–Crippen LogP) is 2.06. The van der Waals surface area contributed by atoms with Gasteiger partial charge >= 0.3 is 0 Å². The van der Waals surface area contributed by atoms with Crippen molar-refractivity contribution in [3.05, 3.63) is 0 Å². The van der Waals surface area contributed by atoms with Crippen LogP contribution < -0.4 is 5.32 Å². The maximum atomic E-state index is 5.87. The van der Waals surface area contributed by atoms with E-state index in [4.69, 9.17) is 9.47 Å². The fourth-order valence-corrected chi connectivity index (χ4v) is 1.35. The molecule has 0 fully saturated rings. The van der Waals surface area contributed by atoms with Crippen molar-refractivity contribution < 1.29 is 9.47 Å². The molecule has 0 aromatic carbocycles. The lowest BCUT2D eigenvalue weighted by Gasteiger charge is -2.27. The molecule has 15 heavy (non-hydrogen) atoms. The van der Waals surface area contributed by atoms with Gasteiger partial charge in [-0.1, -0.05) is 13.8 Å². The minimum Gasteiger partial charge on any atom is -0.382 e. The van der Waals surface area contributed by atoms with Gasteiger partial charge in [-0.2, -0.15) is 0 Å². The Morgan fingerprint density at radius 2 is 1.73 bits per heavy atom. The van der Waals surface area contributed by atoms with Gasteiger partial charge in [0.1, 0.15) is 0 Å². The van der Waals surface area contributed by atoms with Crippen molar-refractivity contribution in [2.45, 2.75) is 46.3 Å². The standard InChI is InChI=1S/C12H27NO2/c1-10(2)7-13-8-11(9-14-6)15-12(3,4)5/h10-11,13H,7-9H2,1-6H3. The molecule has 0 saturated carbocycles. The summed E-state index contributed by atoms with van der Waals surface area (Å²) in [6.45, 7) is 13.1. The highest BCUT2D eigenvalue weighted by Gasteiger charge is 2.18. The van der Waals surface area contributed by atoms with E-state index >= 15 is 0 Å². The van der Waals surface area contributed by atoms with E-state index in [0.29, 0.717) is 12.5 Å². The van der Waals surface area contributed by atoms with Gasteiger partial charge in [-0.3, -0.25) is 0 Å². The van der Waals surface area contributed by atoms with E-state index in [1.54, 1.807) is 7.11 Å². The van der Waals surface area contributed by atoms with E-state index in [0.717, 1.165) is 13.1 Å². The molecule has 0 aliphatic heterocycles. The normalized spacial score (nSPS) is 14.6. The van der Waals surface area contributed by atoms with Crippen LogP contribution in [0.3, 0.4) is 0 Å². The quantitative estimate of drug-likeness (QED) is 0.708. The minimum atomic E-state index is -0.108. The van der Waals surface area contributed by atoms with Crippen molar-refractivity contribution in [1.82, 2.24) is 5.32 Å². The first-order valence-corrected chi connectivity index (χ1v) is 5.72. The Balaban J connectivity index is 3.83. The first kappa shape index (κ1) is 14.9. The van der Waals surface area contributed by atoms with Gasteiger partial charge in [-0.25, -0.2) is 0 Å². The molecule has 0 bridgehead atoms. The molecule has 0 aromatic rings. The van der Waals surface area contributed by atoms with Gasteiger partial charge in [-0.15, -0.1) is 0 Å². The molecule has 3 nitrogen and oxygen atoms in total. The SMILES string of the molecule is COCC(CNCC(C)C)OC(C)(C)C. The summed E-state index contributed by atoms with van der Waals surface area (Å²) in [6, 6.07) is 0. The Morgan fingerprint density at radius 3 is 2.13 bits per heavy atom. The lowest BCUT2D eigenvalue weighted by atomic mass is 10.2. The number of ether oxygens (including phenoxy) is 2. The van der Waals surface area contributed by atoms with Crippen LogP contribution in [0.1, 0.15) is 34.6 Å². The molecule has 0 rings (SSSR count). The van der Waals surface area contributed by atoms with E-state index < -0.39 is 0 Å². The number of methoxy groups -OCH3 is 1. The molecule has 1 N–H and O–H groups in total. The third kappa shape index (κ3) is 10.2. The summed E-state index contributed by atoms with van der Waals surface area (Å²) in [5, 5.41) is 3.39. The topological polar surface area (TPSA) is 30.5 Å². The second kappa shape index (κ2) is 7.20. The molecule has 92 valence electrons. The fourth-order valence-electron chi connectivity index (χ4n) is 1.35. The zero-order valence-electron chi connectivity index (χ0n) is 11.1. The van der Waals surface area contributed by atoms with Crippen LogP contribution in [0.5, 0.6) is 0 Å². The molecular weight excluding hydrogens is 190 g/mol. The summed E-state index contributed by atoms with van der Waals surface area (Å²) in [7, 11) is 1.71. The fraction of sp³-hybridized carbons (Fsp3) is 1.00. The van der Waals surface area contributed by atoms with Gasteiger partial charge in [0.15, 0.2) is 0 Å². The molecule has 0 heterocycles. The summed E-state index contributed by atoms with van der Waals surface area (Å²) in [5.41, 5.74) is -0.108. The van der Waals surface area contributed by atoms with Crippen LogP contribution in [0.4, 0.5) is 0 Å². The van der Waals surface area contributed by atoms with Crippen LogP contribution in [0, 0.1) is 5.92 Å². The van der Waals surface area contributed by atoms with Crippen LogP contribution in [0.25, 0.3) is 0 Å². The molecule has 1 atom stereocenters. The van der Waals surface area contributed by atoms with Crippen molar-refractivity contribution in [2.75, 3.05) is 26.8 Å². The van der Waals surface area contributed by atoms with E-state index in [1.807, 2.05) is 0 Å². The molecule has 0 aliphatic rings. The third-order valence-electron chi connectivity index (χ3n) is 1.80. The highest BCUT2D eigenvalue weighted by atomic mass is 16.5. The Morgan fingerprint density at radius 1 is 1.13 bits per heavy atom. The summed E-state index contributed by atoms with van der Waals surface area (Å²) in [5.74, 6) is 0.669. The largest absolute Gasteiger partial charge is 0.382 e. The highest BCUT2D eigenvalue weighted by molar-refractivity contribution is 4.68. The zero-order chi connectivity index (χ0) is 11.9. The number of rotatable bonds is 7. The predicted molar refractivity (Wildman–Crippen MR) is 64.2 cm³/mol. The van der Waals surface area contributed by atoms with Gasteiger partial charge in [0, 0.05) is 13.7 Å². The first-order chi connectivity index (χ1) is 6.85. The van der Waals surface area contributed by atoms with E-state index in [1.165, 1.54) is 0 Å². The average molecular weight is 217 g/mol. The first-order valence-electron chi connectivity index (χ1n) is 5.72. The second-order valence-electron chi connectivity index (χ2n) is 5.36. The second-order valence-corrected chi connectivity index (χ2v) is 5.36. The van der Waals surface area contributed by atoms with Crippen molar-refractivity contribution in [2.24, 2.45) is 5.92 Å². The van der Waals surface area contributed by atoms with E-state index in [-0.39, 0.29) is 11.7 Å².